The van der Waals surface area contributed by atoms with Crippen molar-refractivity contribution in [3.05, 3.63) is 90.0 Å². The first-order valence-corrected chi connectivity index (χ1v) is 12.2. The number of benzene rings is 3. The second-order valence-corrected chi connectivity index (χ2v) is 9.70. The molecule has 4 heterocycles. The lowest BCUT2D eigenvalue weighted by Crippen LogP contribution is -2.50. The fraction of sp³-hybridized carbons (Fsp3) is 0.179. The Morgan fingerprint density at radius 1 is 0.872 bits per heavy atom. The van der Waals surface area contributed by atoms with E-state index in [0.717, 1.165) is 33.3 Å². The first kappa shape index (κ1) is 23.3. The Balaban J connectivity index is 1.38. The lowest BCUT2D eigenvalue weighted by molar-refractivity contribution is -0.137. The molecule has 0 spiro atoms. The van der Waals surface area contributed by atoms with Gasteiger partial charge in [0.2, 0.25) is 11.8 Å². The molecule has 3 aliphatic heterocycles. The van der Waals surface area contributed by atoms with Crippen LogP contribution < -0.4 is 9.80 Å². The highest BCUT2D eigenvalue weighted by Crippen LogP contribution is 2.49. The number of fused-ring (bicyclic) bond motifs is 6. The Kier molecular flexibility index (Phi) is 4.84. The maximum Gasteiger partial charge on any atom is 0.416 e. The minimum Gasteiger partial charge on any atom is -0.351 e. The summed E-state index contributed by atoms with van der Waals surface area (Å²) in [7, 11) is 0. The number of amides is 2. The highest BCUT2D eigenvalue weighted by Gasteiger charge is 2.64. The average Bonchev–Trinajstić information content (AvgIpc) is 3.59. The van der Waals surface area contributed by atoms with Gasteiger partial charge in [0.05, 0.1) is 34.6 Å². The summed E-state index contributed by atoms with van der Waals surface area (Å²) < 4.78 is 41.4. The van der Waals surface area contributed by atoms with Crippen molar-refractivity contribution in [2.45, 2.75) is 18.3 Å². The highest BCUT2D eigenvalue weighted by atomic mass is 19.4. The van der Waals surface area contributed by atoms with Gasteiger partial charge in [-0.2, -0.15) is 17.9 Å². The molecule has 0 bridgehead atoms. The Bertz CT molecular complexity index is 1730. The molecule has 39 heavy (non-hydrogen) atoms. The van der Waals surface area contributed by atoms with E-state index in [1.54, 1.807) is 41.3 Å². The largest absolute Gasteiger partial charge is 0.416 e. The molecule has 8 nitrogen and oxygen atoms in total. The van der Waals surface area contributed by atoms with Gasteiger partial charge in [-0.3, -0.25) is 14.4 Å². The van der Waals surface area contributed by atoms with Gasteiger partial charge < -0.3 is 4.90 Å². The van der Waals surface area contributed by atoms with Crippen LogP contribution >= 0.6 is 0 Å². The van der Waals surface area contributed by atoms with Crippen molar-refractivity contribution in [1.29, 1.82) is 0 Å². The fourth-order valence-electron chi connectivity index (χ4n) is 6.03. The van der Waals surface area contributed by atoms with Crippen LogP contribution in [0.4, 0.5) is 24.5 Å². The second kappa shape index (κ2) is 8.10. The molecule has 0 aliphatic carbocycles. The molecule has 2 amide bonds. The van der Waals surface area contributed by atoms with Crippen LogP contribution in [0.3, 0.4) is 0 Å². The molecule has 7 rings (SSSR count). The quantitative estimate of drug-likeness (QED) is 0.362. The molecular weight excluding hydrogens is 511 g/mol. The zero-order valence-corrected chi connectivity index (χ0v) is 20.0. The van der Waals surface area contributed by atoms with E-state index in [4.69, 9.17) is 0 Å². The molecule has 3 aliphatic rings. The van der Waals surface area contributed by atoms with Gasteiger partial charge in [0.15, 0.2) is 0 Å². The fourth-order valence-corrected chi connectivity index (χ4v) is 6.03. The molecule has 4 aromatic rings. The van der Waals surface area contributed by atoms with E-state index < -0.39 is 53.4 Å². The van der Waals surface area contributed by atoms with E-state index in [1.807, 2.05) is 24.3 Å². The zero-order chi connectivity index (χ0) is 27.1. The maximum absolute atomic E-state index is 14.2. The van der Waals surface area contributed by atoms with Crippen molar-refractivity contribution in [3.8, 4) is 0 Å². The predicted octanol–water partition coefficient (Wildman–Crippen LogP) is 4.18. The number of carbonyl (C=O) groups excluding carboxylic acids is 3. The summed E-state index contributed by atoms with van der Waals surface area (Å²) in [4.78, 5) is 44.5. The molecule has 194 valence electrons. The summed E-state index contributed by atoms with van der Waals surface area (Å²) in [6, 6.07) is 16.5. The monoisotopic (exact) mass is 529 g/mol. The molecule has 2 saturated heterocycles. The Labute approximate surface area is 218 Å². The normalized spacial score (nSPS) is 23.8. The van der Waals surface area contributed by atoms with Crippen molar-refractivity contribution in [2.75, 3.05) is 9.80 Å². The number of para-hydroxylation sites is 2. The van der Waals surface area contributed by atoms with Crippen LogP contribution in [-0.2, 0) is 15.8 Å². The van der Waals surface area contributed by atoms with Crippen molar-refractivity contribution >= 4 is 46.2 Å². The molecule has 0 radical (unpaired) electrons. The minimum atomic E-state index is -4.66. The van der Waals surface area contributed by atoms with Crippen molar-refractivity contribution in [2.24, 2.45) is 11.8 Å². The van der Waals surface area contributed by atoms with Crippen LogP contribution in [0.5, 0.6) is 0 Å². The van der Waals surface area contributed by atoms with Crippen molar-refractivity contribution < 1.29 is 27.6 Å². The third kappa shape index (κ3) is 3.28. The van der Waals surface area contributed by atoms with Gasteiger partial charge in [-0.25, -0.2) is 4.90 Å². The van der Waals surface area contributed by atoms with Crippen LogP contribution in [-0.4, -0.2) is 44.8 Å². The van der Waals surface area contributed by atoms with E-state index in [2.05, 4.69) is 10.3 Å². The van der Waals surface area contributed by atoms with Gasteiger partial charge in [-0.15, -0.1) is 5.10 Å². The lowest BCUT2D eigenvalue weighted by Gasteiger charge is -2.36. The lowest BCUT2D eigenvalue weighted by atomic mass is 9.88. The summed E-state index contributed by atoms with van der Waals surface area (Å²) in [5.74, 6) is -4.07. The number of hydrogen-bond acceptors (Lipinski definition) is 6. The van der Waals surface area contributed by atoms with Gasteiger partial charge in [0, 0.05) is 5.69 Å². The van der Waals surface area contributed by atoms with Crippen LogP contribution in [0.25, 0.3) is 17.1 Å². The molecular formula is C28H18F3N5O3. The third-order valence-corrected chi connectivity index (χ3v) is 7.66. The number of anilines is 2. The summed E-state index contributed by atoms with van der Waals surface area (Å²) in [6.45, 7) is 0. The number of imide groups is 1. The number of carbonyl (C=O) groups is 3. The second-order valence-electron chi connectivity index (χ2n) is 9.70. The summed E-state index contributed by atoms with van der Waals surface area (Å²) >= 11 is 0. The number of rotatable bonds is 2. The van der Waals surface area contributed by atoms with Gasteiger partial charge in [-0.05, 0) is 42.0 Å². The smallest absolute Gasteiger partial charge is 0.351 e. The van der Waals surface area contributed by atoms with Gasteiger partial charge >= 0.3 is 6.18 Å². The topological polar surface area (TPSA) is 88.4 Å². The number of nitrogens with zero attached hydrogens (tertiary/aromatic N) is 5. The summed E-state index contributed by atoms with van der Waals surface area (Å²) in [5.41, 5.74) is 1.24. The summed E-state index contributed by atoms with van der Waals surface area (Å²) in [5, 5.41) is 8.11. The van der Waals surface area contributed by atoms with Gasteiger partial charge in [0.25, 0.3) is 5.91 Å². The first-order chi connectivity index (χ1) is 18.8. The first-order valence-electron chi connectivity index (χ1n) is 12.2. The molecule has 0 N–H and O–H groups in total. The Morgan fingerprint density at radius 3 is 2.44 bits per heavy atom. The number of aromatic nitrogens is 3. The molecule has 2 fully saturated rings. The molecule has 0 unspecified atom stereocenters. The van der Waals surface area contributed by atoms with Crippen molar-refractivity contribution in [1.82, 2.24) is 15.0 Å². The van der Waals surface area contributed by atoms with Crippen LogP contribution in [0.15, 0.2) is 78.9 Å². The molecule has 3 aromatic carbocycles. The van der Waals surface area contributed by atoms with E-state index in [1.165, 1.54) is 6.07 Å². The van der Waals surface area contributed by atoms with E-state index in [9.17, 15) is 27.6 Å². The SMILES string of the molecule is O=C1[C@@H]2[C@H](C(=O)N1c1cccc(C(F)(F)F)c1)[C@H](C(=O)n1nnc3ccccc31)N1c3ccccc3C=C[C@@H]21. The van der Waals surface area contributed by atoms with E-state index in [0.29, 0.717) is 16.7 Å². The number of hydrogen-bond donors (Lipinski definition) is 0. The number of alkyl halides is 3. The minimum absolute atomic E-state index is 0.182. The molecule has 4 atom stereocenters. The van der Waals surface area contributed by atoms with Crippen molar-refractivity contribution in [3.63, 3.8) is 0 Å². The average molecular weight is 529 g/mol. The summed E-state index contributed by atoms with van der Waals surface area (Å²) in [6.07, 6.45) is -1.06. The number of halogens is 3. The molecule has 0 saturated carbocycles. The van der Waals surface area contributed by atoms with E-state index >= 15 is 0 Å². The van der Waals surface area contributed by atoms with E-state index in [-0.39, 0.29) is 5.69 Å². The zero-order valence-electron chi connectivity index (χ0n) is 20.0. The van der Waals surface area contributed by atoms with Crippen LogP contribution in [0, 0.1) is 11.8 Å². The standard InChI is InChI=1S/C28H18F3N5O3/c29-28(30,31)16-7-5-8-17(14-16)34-25(37)22-21-13-12-15-6-1-3-10-19(15)35(21)24(23(22)26(34)38)27(39)36-20-11-4-2-9-18(20)32-33-36/h1-14,21-24H/t21-,22-,23-,24+/m0/s1. The predicted molar refractivity (Wildman–Crippen MR) is 135 cm³/mol. The van der Waals surface area contributed by atoms with Gasteiger partial charge in [0.1, 0.15) is 11.6 Å². The molecule has 11 heteroatoms. The van der Waals surface area contributed by atoms with Gasteiger partial charge in [-0.1, -0.05) is 53.8 Å². The highest BCUT2D eigenvalue weighted by molar-refractivity contribution is 6.25. The van der Waals surface area contributed by atoms with Crippen LogP contribution in [0.1, 0.15) is 15.9 Å². The Morgan fingerprint density at radius 2 is 1.62 bits per heavy atom. The van der Waals surface area contributed by atoms with Crippen LogP contribution in [0.2, 0.25) is 0 Å². The molecule has 1 aromatic heterocycles. The Hall–Kier alpha value is -4.80. The third-order valence-electron chi connectivity index (χ3n) is 7.66. The maximum atomic E-state index is 14.2.